The number of amides is 1. The Morgan fingerprint density at radius 3 is 2.76 bits per heavy atom. The lowest BCUT2D eigenvalue weighted by molar-refractivity contribution is -0.115. The summed E-state index contributed by atoms with van der Waals surface area (Å²) in [5.74, 6) is -0.0969. The Kier molecular flexibility index (Phi) is 7.57. The zero-order valence-electron chi connectivity index (χ0n) is 16.9. The molecule has 3 rings (SSSR count). The topological polar surface area (TPSA) is 65.8 Å². The van der Waals surface area contributed by atoms with Gasteiger partial charge in [-0.15, -0.1) is 0 Å². The van der Waals surface area contributed by atoms with E-state index in [0.29, 0.717) is 27.7 Å². The Bertz CT molecular complexity index is 938. The monoisotopic (exact) mass is 427 g/mol. The minimum Gasteiger partial charge on any atom is -0.325 e. The summed E-state index contributed by atoms with van der Waals surface area (Å²) in [7, 11) is 0. The van der Waals surface area contributed by atoms with Gasteiger partial charge in [-0.2, -0.15) is 5.26 Å². The van der Waals surface area contributed by atoms with Crippen molar-refractivity contribution in [3.8, 4) is 6.07 Å². The smallest absolute Gasteiger partial charge is 0.237 e. The highest BCUT2D eigenvalue weighted by molar-refractivity contribution is 8.00. The fraction of sp³-hybridized carbons (Fsp3) is 0.435. The van der Waals surface area contributed by atoms with Gasteiger partial charge in [0.2, 0.25) is 5.91 Å². The summed E-state index contributed by atoms with van der Waals surface area (Å²) in [5.41, 5.74) is 4.53. The number of aryl methyl sites for hydroxylation is 3. The Balaban J connectivity index is 1.82. The molecule has 1 aromatic carbocycles. The van der Waals surface area contributed by atoms with Gasteiger partial charge in [-0.05, 0) is 68.4 Å². The minimum atomic E-state index is -0.334. The van der Waals surface area contributed by atoms with E-state index in [1.54, 1.807) is 12.1 Å². The molecule has 6 heteroatoms. The van der Waals surface area contributed by atoms with Gasteiger partial charge in [-0.1, -0.05) is 49.2 Å². The summed E-state index contributed by atoms with van der Waals surface area (Å²) in [6.45, 7) is 3.91. The van der Waals surface area contributed by atoms with Crippen LogP contribution in [-0.4, -0.2) is 16.1 Å². The fourth-order valence-electron chi connectivity index (χ4n) is 3.54. The van der Waals surface area contributed by atoms with Crippen molar-refractivity contribution in [1.82, 2.24) is 4.98 Å². The van der Waals surface area contributed by atoms with Gasteiger partial charge in [0.25, 0.3) is 0 Å². The molecule has 0 saturated carbocycles. The minimum absolute atomic E-state index is 0.0969. The van der Waals surface area contributed by atoms with Crippen LogP contribution in [0.1, 0.15) is 61.4 Å². The van der Waals surface area contributed by atoms with Gasteiger partial charge >= 0.3 is 0 Å². The number of anilines is 1. The zero-order chi connectivity index (χ0) is 20.8. The third kappa shape index (κ3) is 5.52. The maximum Gasteiger partial charge on any atom is 0.237 e. The SMILES string of the molecule is CCC(Sc1nc2c(cc1C#N)CCCCCC2)C(=O)Nc1cc(Cl)ccc1C. The number of nitriles is 1. The van der Waals surface area contributed by atoms with E-state index in [0.717, 1.165) is 36.9 Å². The number of aromatic nitrogens is 1. The van der Waals surface area contributed by atoms with Gasteiger partial charge in [0.05, 0.1) is 10.8 Å². The molecular weight excluding hydrogens is 402 g/mol. The first-order chi connectivity index (χ1) is 14.0. The van der Waals surface area contributed by atoms with E-state index in [1.807, 2.05) is 26.0 Å². The average Bonchev–Trinajstić information content (AvgIpc) is 2.69. The highest BCUT2D eigenvalue weighted by Crippen LogP contribution is 2.31. The van der Waals surface area contributed by atoms with Crippen LogP contribution in [0, 0.1) is 18.3 Å². The predicted molar refractivity (Wildman–Crippen MR) is 120 cm³/mol. The molecule has 1 aliphatic rings. The molecule has 0 aliphatic heterocycles. The van der Waals surface area contributed by atoms with Crippen molar-refractivity contribution in [3.05, 3.63) is 51.7 Å². The van der Waals surface area contributed by atoms with E-state index in [2.05, 4.69) is 11.4 Å². The summed E-state index contributed by atoms with van der Waals surface area (Å²) < 4.78 is 0. The van der Waals surface area contributed by atoms with Crippen molar-refractivity contribution in [2.24, 2.45) is 0 Å². The van der Waals surface area contributed by atoms with Crippen LogP contribution < -0.4 is 5.32 Å². The summed E-state index contributed by atoms with van der Waals surface area (Å²) in [5, 5.41) is 13.6. The highest BCUT2D eigenvalue weighted by Gasteiger charge is 2.23. The Morgan fingerprint density at radius 1 is 1.28 bits per heavy atom. The summed E-state index contributed by atoms with van der Waals surface area (Å²) in [4.78, 5) is 17.7. The normalized spacial score (nSPS) is 14.8. The number of hydrogen-bond donors (Lipinski definition) is 1. The van der Waals surface area contributed by atoms with Crippen molar-refractivity contribution in [2.75, 3.05) is 5.32 Å². The number of thioether (sulfide) groups is 1. The van der Waals surface area contributed by atoms with E-state index in [9.17, 15) is 10.1 Å². The van der Waals surface area contributed by atoms with Crippen molar-refractivity contribution < 1.29 is 4.79 Å². The molecular formula is C23H26ClN3OS. The molecule has 152 valence electrons. The molecule has 0 saturated heterocycles. The lowest BCUT2D eigenvalue weighted by Crippen LogP contribution is -2.25. The first-order valence-corrected chi connectivity index (χ1v) is 11.4. The third-order valence-electron chi connectivity index (χ3n) is 5.26. The predicted octanol–water partition coefficient (Wildman–Crippen LogP) is 6.08. The molecule has 1 amide bonds. The van der Waals surface area contributed by atoms with Gasteiger partial charge in [-0.3, -0.25) is 4.79 Å². The van der Waals surface area contributed by atoms with Crippen LogP contribution in [0.3, 0.4) is 0 Å². The van der Waals surface area contributed by atoms with E-state index >= 15 is 0 Å². The standard InChI is InChI=1S/C23H26ClN3OS/c1-3-21(22(28)26-20-13-18(24)11-10-15(20)2)29-23-17(14-25)12-16-8-6-4-5-7-9-19(16)27-23/h10-13,21H,3-9H2,1-2H3,(H,26,28). The van der Waals surface area contributed by atoms with Crippen molar-refractivity contribution >= 4 is 35.0 Å². The molecule has 29 heavy (non-hydrogen) atoms. The Hall–Kier alpha value is -2.03. The van der Waals surface area contributed by atoms with Gasteiger partial charge in [0.15, 0.2) is 0 Å². The van der Waals surface area contributed by atoms with E-state index in [1.165, 1.54) is 30.2 Å². The molecule has 2 aromatic rings. The number of nitrogens with one attached hydrogen (secondary N) is 1. The Morgan fingerprint density at radius 2 is 2.03 bits per heavy atom. The molecule has 0 bridgehead atoms. The molecule has 0 spiro atoms. The maximum absolute atomic E-state index is 12.9. The zero-order valence-corrected chi connectivity index (χ0v) is 18.5. The largest absolute Gasteiger partial charge is 0.325 e. The lowest BCUT2D eigenvalue weighted by atomic mass is 9.96. The van der Waals surface area contributed by atoms with Crippen LogP contribution >= 0.6 is 23.4 Å². The van der Waals surface area contributed by atoms with Gasteiger partial charge in [0, 0.05) is 16.4 Å². The second kappa shape index (κ2) is 10.1. The second-order valence-electron chi connectivity index (χ2n) is 7.44. The Labute approximate surface area is 182 Å². The van der Waals surface area contributed by atoms with Crippen molar-refractivity contribution in [3.63, 3.8) is 0 Å². The van der Waals surface area contributed by atoms with Crippen LogP contribution in [0.4, 0.5) is 5.69 Å². The fourth-order valence-corrected chi connectivity index (χ4v) is 4.71. The van der Waals surface area contributed by atoms with Gasteiger partial charge in [0.1, 0.15) is 11.1 Å². The number of nitrogens with zero attached hydrogens (tertiary/aromatic N) is 2. The first kappa shape index (κ1) is 21.7. The summed E-state index contributed by atoms with van der Waals surface area (Å²) in [6, 6.07) is 9.72. The molecule has 1 aliphatic carbocycles. The number of pyridine rings is 1. The lowest BCUT2D eigenvalue weighted by Gasteiger charge is -2.18. The third-order valence-corrected chi connectivity index (χ3v) is 6.86. The average molecular weight is 428 g/mol. The molecule has 1 aromatic heterocycles. The molecule has 0 radical (unpaired) electrons. The first-order valence-electron chi connectivity index (χ1n) is 10.2. The number of benzene rings is 1. The highest BCUT2D eigenvalue weighted by atomic mass is 35.5. The van der Waals surface area contributed by atoms with Crippen LogP contribution in [-0.2, 0) is 17.6 Å². The van der Waals surface area contributed by atoms with E-state index < -0.39 is 0 Å². The molecule has 1 atom stereocenters. The van der Waals surface area contributed by atoms with E-state index in [4.69, 9.17) is 16.6 Å². The summed E-state index contributed by atoms with van der Waals surface area (Å²) in [6.07, 6.45) is 7.29. The molecule has 4 nitrogen and oxygen atoms in total. The van der Waals surface area contributed by atoms with Crippen molar-refractivity contribution in [2.45, 2.75) is 69.1 Å². The molecule has 1 heterocycles. The van der Waals surface area contributed by atoms with Gasteiger partial charge in [-0.25, -0.2) is 4.98 Å². The number of carbonyl (C=O) groups is 1. The molecule has 1 N–H and O–H groups in total. The van der Waals surface area contributed by atoms with Crippen LogP contribution in [0.25, 0.3) is 0 Å². The van der Waals surface area contributed by atoms with E-state index in [-0.39, 0.29) is 11.2 Å². The number of rotatable bonds is 5. The quantitative estimate of drug-likeness (QED) is 0.587. The van der Waals surface area contributed by atoms with Crippen LogP contribution in [0.2, 0.25) is 5.02 Å². The molecule has 0 fully saturated rings. The van der Waals surface area contributed by atoms with Crippen LogP contribution in [0.5, 0.6) is 0 Å². The number of fused-ring (bicyclic) bond motifs is 1. The van der Waals surface area contributed by atoms with Crippen LogP contribution in [0.15, 0.2) is 29.3 Å². The second-order valence-corrected chi connectivity index (χ2v) is 9.06. The maximum atomic E-state index is 12.9. The van der Waals surface area contributed by atoms with Crippen molar-refractivity contribution in [1.29, 1.82) is 5.26 Å². The number of hydrogen-bond acceptors (Lipinski definition) is 4. The van der Waals surface area contributed by atoms with Gasteiger partial charge < -0.3 is 5.32 Å². The summed E-state index contributed by atoms with van der Waals surface area (Å²) >= 11 is 7.46. The number of halogens is 1. The number of carbonyl (C=O) groups excluding carboxylic acids is 1. The molecule has 1 unspecified atom stereocenters.